The van der Waals surface area contributed by atoms with E-state index in [1.807, 2.05) is 0 Å². The van der Waals surface area contributed by atoms with Crippen LogP contribution in [0.2, 0.25) is 0 Å². The van der Waals surface area contributed by atoms with Gasteiger partial charge in [-0.25, -0.2) is 0 Å². The lowest BCUT2D eigenvalue weighted by molar-refractivity contribution is -0.0350. The molecule has 0 saturated heterocycles. The van der Waals surface area contributed by atoms with E-state index in [1.54, 1.807) is 30.3 Å². The van der Waals surface area contributed by atoms with Crippen LogP contribution in [0.4, 0.5) is 0 Å². The second-order valence-electron chi connectivity index (χ2n) is 2.77. The van der Waals surface area contributed by atoms with Crippen molar-refractivity contribution in [1.29, 1.82) is 0 Å². The number of aliphatic hydroxyl groups is 1. The summed E-state index contributed by atoms with van der Waals surface area (Å²) in [6, 6.07) is 7.02. The van der Waals surface area contributed by atoms with E-state index in [0.29, 0.717) is 5.56 Å². The largest absolute Gasteiger partial charge is 0.365 e. The molecular weight excluding hydrogens is 180 g/mol. The van der Waals surface area contributed by atoms with Crippen molar-refractivity contribution in [1.82, 2.24) is 0 Å². The molecule has 0 aliphatic carbocycles. The Morgan fingerprint density at radius 1 is 1.29 bits per heavy atom. The van der Waals surface area contributed by atoms with Crippen LogP contribution in [0.5, 0.6) is 0 Å². The molecule has 74 valence electrons. The third kappa shape index (κ3) is 3.12. The van der Waals surface area contributed by atoms with Crippen LogP contribution < -0.4 is 0 Å². The highest BCUT2D eigenvalue weighted by Crippen LogP contribution is 2.05. The molecule has 1 rings (SSSR count). The molecule has 3 heteroatoms. The minimum absolute atomic E-state index is 0.634. The number of methoxy groups -OCH3 is 1. The summed E-state index contributed by atoms with van der Waals surface area (Å²) < 4.78 is 4.63. The monoisotopic (exact) mass is 192 g/mol. The van der Waals surface area contributed by atoms with E-state index in [9.17, 15) is 4.79 Å². The third-order valence-electron chi connectivity index (χ3n) is 1.77. The summed E-state index contributed by atoms with van der Waals surface area (Å²) in [5, 5.41) is 9.05. The average molecular weight is 192 g/mol. The molecule has 1 aromatic rings. The second kappa shape index (κ2) is 5.32. The molecule has 1 atom stereocenters. The van der Waals surface area contributed by atoms with Crippen LogP contribution in [0.3, 0.4) is 0 Å². The lowest BCUT2D eigenvalue weighted by Gasteiger charge is -2.00. The summed E-state index contributed by atoms with van der Waals surface area (Å²) in [6.45, 7) is 0. The Balaban J connectivity index is 2.68. The van der Waals surface area contributed by atoms with Gasteiger partial charge < -0.3 is 9.84 Å². The third-order valence-corrected chi connectivity index (χ3v) is 1.77. The Bertz CT molecular complexity index is 314. The Hall–Kier alpha value is -1.45. The molecule has 1 N–H and O–H groups in total. The standard InChI is InChI=1S/C11H12O3/c1-14-11(13)7-6-9-2-4-10(8-12)5-3-9/h2-8,11,13H,1H3/b7-6+. The minimum Gasteiger partial charge on any atom is -0.365 e. The Labute approximate surface area is 82.6 Å². The molecule has 0 saturated carbocycles. The molecule has 3 nitrogen and oxygen atoms in total. The number of benzene rings is 1. The first-order valence-electron chi connectivity index (χ1n) is 4.20. The van der Waals surface area contributed by atoms with Crippen molar-refractivity contribution < 1.29 is 14.6 Å². The fraction of sp³-hybridized carbons (Fsp3) is 0.182. The van der Waals surface area contributed by atoms with E-state index in [4.69, 9.17) is 5.11 Å². The maximum atomic E-state index is 10.4. The van der Waals surface area contributed by atoms with Gasteiger partial charge in [0.2, 0.25) is 0 Å². The summed E-state index contributed by atoms with van der Waals surface area (Å²) in [4.78, 5) is 10.4. The van der Waals surface area contributed by atoms with Gasteiger partial charge in [-0.1, -0.05) is 30.3 Å². The smallest absolute Gasteiger partial charge is 0.174 e. The zero-order valence-corrected chi connectivity index (χ0v) is 7.88. The Morgan fingerprint density at radius 2 is 1.86 bits per heavy atom. The van der Waals surface area contributed by atoms with Crippen molar-refractivity contribution in [2.75, 3.05) is 7.11 Å². The molecule has 0 aromatic heterocycles. The first-order chi connectivity index (χ1) is 6.76. The number of hydrogen-bond acceptors (Lipinski definition) is 3. The zero-order valence-electron chi connectivity index (χ0n) is 7.88. The average Bonchev–Trinajstić information content (AvgIpc) is 2.26. The zero-order chi connectivity index (χ0) is 10.4. The molecule has 0 radical (unpaired) electrons. The SMILES string of the molecule is COC(O)/C=C/c1ccc(C=O)cc1. The number of hydrogen-bond donors (Lipinski definition) is 1. The van der Waals surface area contributed by atoms with Gasteiger partial charge >= 0.3 is 0 Å². The normalized spacial score (nSPS) is 13.0. The fourth-order valence-electron chi connectivity index (χ4n) is 0.958. The van der Waals surface area contributed by atoms with E-state index in [2.05, 4.69) is 4.74 Å². The van der Waals surface area contributed by atoms with E-state index in [-0.39, 0.29) is 0 Å². The summed E-state index contributed by atoms with van der Waals surface area (Å²) >= 11 is 0. The van der Waals surface area contributed by atoms with Crippen LogP contribution in [0.15, 0.2) is 30.3 Å². The molecule has 1 unspecified atom stereocenters. The lowest BCUT2D eigenvalue weighted by atomic mass is 10.1. The summed E-state index contributed by atoms with van der Waals surface area (Å²) in [7, 11) is 1.42. The topological polar surface area (TPSA) is 46.5 Å². The van der Waals surface area contributed by atoms with Crippen molar-refractivity contribution in [2.24, 2.45) is 0 Å². The molecule has 0 aliphatic heterocycles. The van der Waals surface area contributed by atoms with Crippen molar-refractivity contribution in [3.63, 3.8) is 0 Å². The predicted octanol–water partition coefficient (Wildman–Crippen LogP) is 1.48. The van der Waals surface area contributed by atoms with Gasteiger partial charge in [0.15, 0.2) is 6.29 Å². The van der Waals surface area contributed by atoms with Crippen LogP contribution in [-0.4, -0.2) is 24.8 Å². The first-order valence-corrected chi connectivity index (χ1v) is 4.20. The maximum absolute atomic E-state index is 10.4. The quantitative estimate of drug-likeness (QED) is 0.580. The summed E-state index contributed by atoms with van der Waals surface area (Å²) in [5.74, 6) is 0. The molecule has 0 aliphatic rings. The second-order valence-corrected chi connectivity index (χ2v) is 2.77. The maximum Gasteiger partial charge on any atom is 0.174 e. The van der Waals surface area contributed by atoms with Crippen LogP contribution >= 0.6 is 0 Å². The molecule has 14 heavy (non-hydrogen) atoms. The highest BCUT2D eigenvalue weighted by Gasteiger charge is 1.93. The highest BCUT2D eigenvalue weighted by atomic mass is 16.6. The van der Waals surface area contributed by atoms with Crippen LogP contribution in [-0.2, 0) is 4.74 Å². The molecule has 0 bridgehead atoms. The van der Waals surface area contributed by atoms with E-state index in [1.165, 1.54) is 13.2 Å². The van der Waals surface area contributed by atoms with Gasteiger partial charge in [-0.05, 0) is 11.6 Å². The Morgan fingerprint density at radius 3 is 2.36 bits per heavy atom. The number of rotatable bonds is 4. The molecule has 0 heterocycles. The van der Waals surface area contributed by atoms with Gasteiger partial charge in [0.25, 0.3) is 0 Å². The molecule has 1 aromatic carbocycles. The van der Waals surface area contributed by atoms with E-state index in [0.717, 1.165) is 11.8 Å². The Kier molecular flexibility index (Phi) is 4.04. The molecule has 0 amide bonds. The van der Waals surface area contributed by atoms with Crippen LogP contribution in [0.1, 0.15) is 15.9 Å². The number of ether oxygens (including phenoxy) is 1. The van der Waals surface area contributed by atoms with E-state index < -0.39 is 6.29 Å². The van der Waals surface area contributed by atoms with Crippen molar-refractivity contribution in [3.8, 4) is 0 Å². The van der Waals surface area contributed by atoms with Crippen LogP contribution in [0, 0.1) is 0 Å². The van der Waals surface area contributed by atoms with Crippen LogP contribution in [0.25, 0.3) is 6.08 Å². The van der Waals surface area contributed by atoms with Crippen molar-refractivity contribution >= 4 is 12.4 Å². The van der Waals surface area contributed by atoms with Crippen molar-refractivity contribution in [3.05, 3.63) is 41.5 Å². The number of carbonyl (C=O) groups is 1. The van der Waals surface area contributed by atoms with Gasteiger partial charge in [0.05, 0.1) is 0 Å². The van der Waals surface area contributed by atoms with Gasteiger partial charge in [0, 0.05) is 12.7 Å². The van der Waals surface area contributed by atoms with Gasteiger partial charge in [0.1, 0.15) is 6.29 Å². The van der Waals surface area contributed by atoms with Gasteiger partial charge in [-0.2, -0.15) is 0 Å². The summed E-state index contributed by atoms with van der Waals surface area (Å²) in [6.07, 6.45) is 3.15. The minimum atomic E-state index is -0.888. The van der Waals surface area contributed by atoms with E-state index >= 15 is 0 Å². The fourth-order valence-corrected chi connectivity index (χ4v) is 0.958. The van der Waals surface area contributed by atoms with Gasteiger partial charge in [-0.15, -0.1) is 0 Å². The summed E-state index contributed by atoms with van der Waals surface area (Å²) in [5.41, 5.74) is 1.54. The number of aliphatic hydroxyl groups excluding tert-OH is 1. The predicted molar refractivity (Wildman–Crippen MR) is 53.9 cm³/mol. The highest BCUT2D eigenvalue weighted by molar-refractivity contribution is 5.75. The lowest BCUT2D eigenvalue weighted by Crippen LogP contribution is -2.03. The van der Waals surface area contributed by atoms with Gasteiger partial charge in [-0.3, -0.25) is 4.79 Å². The number of aldehydes is 1. The first kappa shape index (κ1) is 10.6. The van der Waals surface area contributed by atoms with Crippen molar-refractivity contribution in [2.45, 2.75) is 6.29 Å². The number of carbonyl (C=O) groups excluding carboxylic acids is 1. The molecule has 0 fully saturated rings. The molecular formula is C11H12O3. The molecule has 0 spiro atoms.